The van der Waals surface area contributed by atoms with Crippen LogP contribution in [0, 0.1) is 0 Å². The highest BCUT2D eigenvalue weighted by molar-refractivity contribution is 9.09. The molecule has 2 aromatic heterocycles. The minimum atomic E-state index is 0.415. The Kier molecular flexibility index (Phi) is 2.74. The van der Waals surface area contributed by atoms with Crippen LogP contribution in [0.1, 0.15) is 12.5 Å². The van der Waals surface area contributed by atoms with Crippen LogP contribution in [0.25, 0.3) is 11.0 Å². The summed E-state index contributed by atoms with van der Waals surface area (Å²) < 4.78 is 0. The highest BCUT2D eigenvalue weighted by Crippen LogP contribution is 2.24. The minimum absolute atomic E-state index is 0.415. The summed E-state index contributed by atoms with van der Waals surface area (Å²) in [5, 5.41) is 1.44. The maximum Gasteiger partial charge on any atom is 0.142 e. The van der Waals surface area contributed by atoms with E-state index in [2.05, 4.69) is 37.8 Å². The van der Waals surface area contributed by atoms with E-state index < -0.39 is 0 Å². The molecule has 74 valence electrons. The predicted molar refractivity (Wildman–Crippen MR) is 61.0 cm³/mol. The lowest BCUT2D eigenvalue weighted by atomic mass is 10.1. The molecule has 1 atom stereocenters. The first-order valence-electron chi connectivity index (χ1n) is 4.29. The van der Waals surface area contributed by atoms with Gasteiger partial charge in [0, 0.05) is 11.0 Å². The molecule has 3 nitrogen and oxygen atoms in total. The van der Waals surface area contributed by atoms with E-state index in [4.69, 9.17) is 11.6 Å². The average Bonchev–Trinajstić information content (AvgIpc) is 2.49. The van der Waals surface area contributed by atoms with Crippen molar-refractivity contribution >= 4 is 38.6 Å². The van der Waals surface area contributed by atoms with E-state index in [1.807, 2.05) is 6.20 Å². The van der Waals surface area contributed by atoms with E-state index in [1.165, 1.54) is 6.33 Å². The predicted octanol–water partition coefficient (Wildman–Crippen LogP) is 2.94. The quantitative estimate of drug-likeness (QED) is 0.676. The summed E-state index contributed by atoms with van der Waals surface area (Å²) in [5.41, 5.74) is 1.95. The van der Waals surface area contributed by atoms with Crippen molar-refractivity contribution in [1.29, 1.82) is 0 Å². The molecule has 0 saturated heterocycles. The first-order valence-corrected chi connectivity index (χ1v) is 5.58. The Morgan fingerprint density at radius 2 is 2.36 bits per heavy atom. The van der Waals surface area contributed by atoms with Crippen LogP contribution in [0.2, 0.25) is 5.15 Å². The van der Waals surface area contributed by atoms with Gasteiger partial charge in [-0.1, -0.05) is 34.5 Å². The highest BCUT2D eigenvalue weighted by Gasteiger charge is 2.10. The van der Waals surface area contributed by atoms with Crippen LogP contribution in [0.15, 0.2) is 12.5 Å². The van der Waals surface area contributed by atoms with Gasteiger partial charge in [0.2, 0.25) is 0 Å². The summed E-state index contributed by atoms with van der Waals surface area (Å²) in [7, 11) is 0. The van der Waals surface area contributed by atoms with Crippen molar-refractivity contribution in [2.24, 2.45) is 0 Å². The van der Waals surface area contributed by atoms with E-state index in [1.54, 1.807) is 0 Å². The number of fused-ring (bicyclic) bond motifs is 1. The van der Waals surface area contributed by atoms with Gasteiger partial charge in [-0.25, -0.2) is 9.97 Å². The third kappa shape index (κ3) is 1.77. The number of nitrogens with zero attached hydrogens (tertiary/aromatic N) is 2. The minimum Gasteiger partial charge on any atom is -0.346 e. The fourth-order valence-corrected chi connectivity index (χ4v) is 2.05. The third-order valence-electron chi connectivity index (χ3n) is 2.01. The number of nitrogens with one attached hydrogen (secondary N) is 1. The fraction of sp³-hybridized carbons (Fsp3) is 0.333. The highest BCUT2D eigenvalue weighted by atomic mass is 79.9. The number of halogens is 2. The summed E-state index contributed by atoms with van der Waals surface area (Å²) >= 11 is 9.51. The molecule has 0 radical (unpaired) electrons. The van der Waals surface area contributed by atoms with E-state index in [0.717, 1.165) is 23.0 Å². The molecule has 14 heavy (non-hydrogen) atoms. The number of alkyl halides is 1. The summed E-state index contributed by atoms with van der Waals surface area (Å²) in [6.45, 7) is 2.09. The van der Waals surface area contributed by atoms with Gasteiger partial charge >= 0.3 is 0 Å². The van der Waals surface area contributed by atoms with Gasteiger partial charge in [0.1, 0.15) is 17.1 Å². The van der Waals surface area contributed by atoms with Crippen molar-refractivity contribution < 1.29 is 0 Å². The van der Waals surface area contributed by atoms with E-state index in [9.17, 15) is 0 Å². The Morgan fingerprint density at radius 3 is 3.07 bits per heavy atom. The molecule has 0 fully saturated rings. The third-order valence-corrected chi connectivity index (χ3v) is 2.62. The van der Waals surface area contributed by atoms with Gasteiger partial charge in [0.25, 0.3) is 0 Å². The second kappa shape index (κ2) is 3.87. The molecule has 5 heteroatoms. The Balaban J connectivity index is 2.55. The summed E-state index contributed by atoms with van der Waals surface area (Å²) in [6, 6.07) is 0. The van der Waals surface area contributed by atoms with Crippen LogP contribution >= 0.6 is 27.5 Å². The lowest BCUT2D eigenvalue weighted by molar-refractivity contribution is 0.967. The van der Waals surface area contributed by atoms with Gasteiger partial charge in [0.15, 0.2) is 0 Å². The Labute approximate surface area is 95.0 Å². The molecule has 0 aliphatic rings. The molecular weight excluding hydrogens is 265 g/mol. The lowest BCUT2D eigenvalue weighted by Gasteiger charge is -2.01. The molecule has 0 bridgehead atoms. The van der Waals surface area contributed by atoms with Crippen LogP contribution in [0.3, 0.4) is 0 Å². The summed E-state index contributed by atoms with van der Waals surface area (Å²) in [5.74, 6) is 0. The van der Waals surface area contributed by atoms with Crippen molar-refractivity contribution in [1.82, 2.24) is 15.0 Å². The van der Waals surface area contributed by atoms with E-state index in [0.29, 0.717) is 9.98 Å². The first-order chi connectivity index (χ1) is 6.68. The molecule has 0 aliphatic heterocycles. The van der Waals surface area contributed by atoms with Gasteiger partial charge < -0.3 is 4.98 Å². The molecule has 0 spiro atoms. The number of rotatable bonds is 2. The second-order valence-corrected chi connectivity index (χ2v) is 5.11. The normalized spacial score (nSPS) is 13.4. The number of hydrogen-bond acceptors (Lipinski definition) is 2. The summed E-state index contributed by atoms with van der Waals surface area (Å²) in [4.78, 5) is 11.6. The monoisotopic (exact) mass is 273 g/mol. The van der Waals surface area contributed by atoms with Gasteiger partial charge in [0.05, 0.1) is 5.39 Å². The maximum absolute atomic E-state index is 6.00. The number of hydrogen-bond donors (Lipinski definition) is 1. The molecule has 2 heterocycles. The van der Waals surface area contributed by atoms with Crippen molar-refractivity contribution in [3.05, 3.63) is 23.2 Å². The largest absolute Gasteiger partial charge is 0.346 e. The van der Waals surface area contributed by atoms with Crippen LogP contribution < -0.4 is 0 Å². The maximum atomic E-state index is 6.00. The Morgan fingerprint density at radius 1 is 1.57 bits per heavy atom. The number of H-pyrrole nitrogens is 1. The van der Waals surface area contributed by atoms with Crippen molar-refractivity contribution in [3.63, 3.8) is 0 Å². The molecule has 0 aliphatic carbocycles. The Hall–Kier alpha value is -0.610. The number of aromatic nitrogens is 3. The van der Waals surface area contributed by atoms with Crippen molar-refractivity contribution in [2.75, 3.05) is 0 Å². The molecular formula is C9H9BrClN3. The first kappa shape index (κ1) is 9.93. The molecule has 0 saturated carbocycles. The van der Waals surface area contributed by atoms with E-state index in [-0.39, 0.29) is 0 Å². The van der Waals surface area contributed by atoms with Crippen LogP contribution in [-0.2, 0) is 6.42 Å². The standard InChI is InChI=1S/C9H9BrClN3/c1-5(10)2-6-3-12-9-7(6)8(11)13-4-14-9/h3-5H,2H2,1H3,(H,12,13,14). The molecule has 2 aromatic rings. The van der Waals surface area contributed by atoms with Gasteiger partial charge in [-0.2, -0.15) is 0 Å². The zero-order chi connectivity index (χ0) is 10.1. The lowest BCUT2D eigenvalue weighted by Crippen LogP contribution is -1.95. The molecule has 0 aromatic carbocycles. The fourth-order valence-electron chi connectivity index (χ4n) is 1.45. The molecule has 0 amide bonds. The number of aromatic amines is 1. The molecule has 1 N–H and O–H groups in total. The zero-order valence-electron chi connectivity index (χ0n) is 7.59. The molecule has 2 rings (SSSR count). The zero-order valence-corrected chi connectivity index (χ0v) is 9.93. The van der Waals surface area contributed by atoms with Gasteiger partial charge in [-0.3, -0.25) is 0 Å². The topological polar surface area (TPSA) is 41.6 Å². The van der Waals surface area contributed by atoms with Crippen LogP contribution in [0.4, 0.5) is 0 Å². The average molecular weight is 275 g/mol. The second-order valence-electron chi connectivity index (χ2n) is 3.19. The SMILES string of the molecule is CC(Br)Cc1c[nH]c2ncnc(Cl)c12. The van der Waals surface area contributed by atoms with Gasteiger partial charge in [-0.05, 0) is 12.0 Å². The van der Waals surface area contributed by atoms with Crippen LogP contribution in [0.5, 0.6) is 0 Å². The van der Waals surface area contributed by atoms with Crippen LogP contribution in [-0.4, -0.2) is 19.8 Å². The van der Waals surface area contributed by atoms with E-state index >= 15 is 0 Å². The van der Waals surface area contributed by atoms with Crippen molar-refractivity contribution in [3.8, 4) is 0 Å². The molecule has 1 unspecified atom stereocenters. The Bertz CT molecular complexity index is 452. The van der Waals surface area contributed by atoms with Gasteiger partial charge in [-0.15, -0.1) is 0 Å². The smallest absolute Gasteiger partial charge is 0.142 e. The van der Waals surface area contributed by atoms with Crippen molar-refractivity contribution in [2.45, 2.75) is 18.2 Å². The summed E-state index contributed by atoms with van der Waals surface area (Å²) in [6.07, 6.45) is 4.30.